The highest BCUT2D eigenvalue weighted by molar-refractivity contribution is 6.60. The Morgan fingerprint density at radius 2 is 1.94 bits per heavy atom. The van der Waals surface area contributed by atoms with Gasteiger partial charge in [0.25, 0.3) is 0 Å². The van der Waals surface area contributed by atoms with Crippen LogP contribution in [-0.2, 0) is 19.8 Å². The van der Waals surface area contributed by atoms with Crippen molar-refractivity contribution in [2.45, 2.75) is 25.9 Å². The summed E-state index contributed by atoms with van der Waals surface area (Å²) < 4.78 is 16.1. The summed E-state index contributed by atoms with van der Waals surface area (Å²) in [7, 11) is 2.51. The minimum atomic E-state index is -2.41. The molecule has 1 heterocycles. The zero-order valence-electron chi connectivity index (χ0n) is 11.6. The fraction of sp³-hybridized carbons (Fsp3) is 0.727. The van der Waals surface area contributed by atoms with Crippen LogP contribution in [0, 0.1) is 6.92 Å². The molecule has 0 saturated carbocycles. The van der Waals surface area contributed by atoms with Gasteiger partial charge in [0, 0.05) is 39.3 Å². The number of imidazole rings is 1. The highest BCUT2D eigenvalue weighted by atomic mass is 28.4. The lowest BCUT2D eigenvalue weighted by Crippen LogP contribution is -2.43. The van der Waals surface area contributed by atoms with Crippen molar-refractivity contribution in [3.63, 3.8) is 0 Å². The molecule has 0 unspecified atom stereocenters. The Bertz CT molecular complexity index is 334. The van der Waals surface area contributed by atoms with Gasteiger partial charge >= 0.3 is 8.80 Å². The van der Waals surface area contributed by atoms with E-state index >= 15 is 0 Å². The molecule has 0 saturated heterocycles. The largest absolute Gasteiger partial charge is 0.500 e. The van der Waals surface area contributed by atoms with E-state index in [1.165, 1.54) is 0 Å². The molecule has 0 aliphatic heterocycles. The second-order valence-corrected chi connectivity index (χ2v) is 7.18. The number of hydrogen-bond acceptors (Lipinski definition) is 5. The molecule has 18 heavy (non-hydrogen) atoms. The van der Waals surface area contributed by atoms with Crippen molar-refractivity contribution in [2.75, 3.05) is 27.9 Å². The molecule has 104 valence electrons. The minimum Gasteiger partial charge on any atom is -0.377 e. The maximum atomic E-state index is 5.35. The molecule has 1 aromatic heterocycles. The lowest BCUT2D eigenvalue weighted by molar-refractivity contribution is 0.123. The number of aromatic nitrogens is 2. The van der Waals surface area contributed by atoms with Crippen LogP contribution in [-0.4, -0.2) is 46.6 Å². The first-order valence-corrected chi connectivity index (χ1v) is 7.95. The summed E-state index contributed by atoms with van der Waals surface area (Å²) in [6, 6.07) is 0.806. The summed E-state index contributed by atoms with van der Waals surface area (Å²) >= 11 is 0. The summed E-state index contributed by atoms with van der Waals surface area (Å²) in [4.78, 5) is 7.40. The van der Waals surface area contributed by atoms with Crippen molar-refractivity contribution < 1.29 is 13.3 Å². The van der Waals surface area contributed by atoms with Gasteiger partial charge < -0.3 is 23.6 Å². The summed E-state index contributed by atoms with van der Waals surface area (Å²) in [6.07, 6.45) is 2.77. The van der Waals surface area contributed by atoms with Gasteiger partial charge in [0.2, 0.25) is 0 Å². The van der Waals surface area contributed by atoms with Crippen molar-refractivity contribution in [3.05, 3.63) is 17.7 Å². The van der Waals surface area contributed by atoms with Crippen molar-refractivity contribution >= 4 is 8.80 Å². The molecule has 0 aliphatic carbocycles. The molecule has 0 bridgehead atoms. The molecular formula is C11H23N3O3Si. The molecule has 0 spiro atoms. The minimum absolute atomic E-state index is 0.745. The summed E-state index contributed by atoms with van der Waals surface area (Å²) in [5.74, 6) is 0.959. The van der Waals surface area contributed by atoms with Crippen molar-refractivity contribution in [2.24, 2.45) is 0 Å². The van der Waals surface area contributed by atoms with Crippen molar-refractivity contribution in [1.29, 1.82) is 0 Å². The SMILES string of the molecule is CO[Si](CCCNCc1ncc(C)[nH]1)(OC)OC. The normalized spacial score (nSPS) is 12.0. The van der Waals surface area contributed by atoms with E-state index in [1.807, 2.05) is 13.1 Å². The zero-order chi connectivity index (χ0) is 13.4. The maximum Gasteiger partial charge on any atom is 0.500 e. The van der Waals surface area contributed by atoms with Crippen LogP contribution in [0.15, 0.2) is 6.20 Å². The van der Waals surface area contributed by atoms with Gasteiger partial charge in [0.05, 0.1) is 6.54 Å². The molecule has 7 heteroatoms. The second kappa shape index (κ2) is 7.65. The molecular weight excluding hydrogens is 250 g/mol. The molecule has 0 aliphatic rings. The summed E-state index contributed by atoms with van der Waals surface area (Å²) in [5, 5.41) is 3.32. The van der Waals surface area contributed by atoms with Crippen LogP contribution in [0.5, 0.6) is 0 Å². The molecule has 1 rings (SSSR count). The van der Waals surface area contributed by atoms with Crippen molar-refractivity contribution in [3.8, 4) is 0 Å². The first-order chi connectivity index (χ1) is 8.65. The van der Waals surface area contributed by atoms with Gasteiger partial charge in [-0.2, -0.15) is 0 Å². The standard InChI is InChI=1S/C11H23N3O3Si/c1-10-8-13-11(14-10)9-12-6-5-7-18(15-2,16-3)17-4/h8,12H,5-7,9H2,1-4H3,(H,13,14). The Morgan fingerprint density at radius 3 is 2.44 bits per heavy atom. The number of rotatable bonds is 9. The molecule has 1 aromatic rings. The van der Waals surface area contributed by atoms with Gasteiger partial charge in [-0.3, -0.25) is 0 Å². The van der Waals surface area contributed by atoms with Gasteiger partial charge in [-0.1, -0.05) is 0 Å². The third-order valence-electron chi connectivity index (χ3n) is 2.82. The quantitative estimate of drug-likeness (QED) is 0.520. The Hall–Kier alpha value is -0.733. The highest BCUT2D eigenvalue weighted by Crippen LogP contribution is 2.14. The van der Waals surface area contributed by atoms with Crippen LogP contribution in [0.1, 0.15) is 17.9 Å². The van der Waals surface area contributed by atoms with Crippen LogP contribution >= 0.6 is 0 Å². The number of hydrogen-bond donors (Lipinski definition) is 2. The molecule has 0 fully saturated rings. The topological polar surface area (TPSA) is 68.4 Å². The maximum absolute atomic E-state index is 5.35. The fourth-order valence-corrected chi connectivity index (χ4v) is 3.47. The van der Waals surface area contributed by atoms with Crippen LogP contribution in [0.2, 0.25) is 6.04 Å². The molecule has 6 nitrogen and oxygen atoms in total. The predicted octanol–water partition coefficient (Wildman–Crippen LogP) is 1.08. The number of aromatic amines is 1. The Balaban J connectivity index is 2.18. The number of aryl methyl sites for hydroxylation is 1. The van der Waals surface area contributed by atoms with E-state index in [9.17, 15) is 0 Å². The van der Waals surface area contributed by atoms with Gasteiger partial charge in [-0.15, -0.1) is 0 Å². The van der Waals surface area contributed by atoms with E-state index in [0.717, 1.165) is 37.1 Å². The molecule has 2 N–H and O–H groups in total. The summed E-state index contributed by atoms with van der Waals surface area (Å²) in [6.45, 7) is 3.62. The van der Waals surface area contributed by atoms with Gasteiger partial charge in [0.15, 0.2) is 0 Å². The fourth-order valence-electron chi connectivity index (χ4n) is 1.75. The molecule has 0 aromatic carbocycles. The van der Waals surface area contributed by atoms with Crippen LogP contribution in [0.3, 0.4) is 0 Å². The number of nitrogens with one attached hydrogen (secondary N) is 2. The van der Waals surface area contributed by atoms with E-state index in [-0.39, 0.29) is 0 Å². The molecule has 0 amide bonds. The predicted molar refractivity (Wildman–Crippen MR) is 71.2 cm³/mol. The first kappa shape index (κ1) is 15.3. The third-order valence-corrected chi connectivity index (χ3v) is 5.65. The van der Waals surface area contributed by atoms with E-state index in [1.54, 1.807) is 21.3 Å². The average Bonchev–Trinajstić information content (AvgIpc) is 2.80. The van der Waals surface area contributed by atoms with E-state index in [4.69, 9.17) is 13.3 Å². The average molecular weight is 273 g/mol. The number of H-pyrrole nitrogens is 1. The lowest BCUT2D eigenvalue weighted by atomic mass is 10.4. The van der Waals surface area contributed by atoms with Crippen LogP contribution < -0.4 is 5.32 Å². The molecule has 0 atom stereocenters. The Morgan fingerprint density at radius 1 is 1.28 bits per heavy atom. The smallest absolute Gasteiger partial charge is 0.377 e. The first-order valence-electron chi connectivity index (χ1n) is 6.02. The monoisotopic (exact) mass is 273 g/mol. The third kappa shape index (κ3) is 4.50. The lowest BCUT2D eigenvalue weighted by Gasteiger charge is -2.24. The van der Waals surface area contributed by atoms with E-state index in [2.05, 4.69) is 15.3 Å². The van der Waals surface area contributed by atoms with E-state index in [0.29, 0.717) is 0 Å². The van der Waals surface area contributed by atoms with Gasteiger partial charge in [-0.25, -0.2) is 4.98 Å². The highest BCUT2D eigenvalue weighted by Gasteiger charge is 2.36. The second-order valence-electron chi connectivity index (χ2n) is 4.09. The van der Waals surface area contributed by atoms with Crippen LogP contribution in [0.4, 0.5) is 0 Å². The van der Waals surface area contributed by atoms with Gasteiger partial charge in [0.1, 0.15) is 5.82 Å². The van der Waals surface area contributed by atoms with E-state index < -0.39 is 8.80 Å². The van der Waals surface area contributed by atoms with Gasteiger partial charge in [-0.05, 0) is 19.9 Å². The molecule has 0 radical (unpaired) electrons. The van der Waals surface area contributed by atoms with Crippen LogP contribution in [0.25, 0.3) is 0 Å². The zero-order valence-corrected chi connectivity index (χ0v) is 12.6. The summed E-state index contributed by atoms with van der Waals surface area (Å²) in [5.41, 5.74) is 1.08. The Labute approximate surface area is 109 Å². The Kier molecular flexibility index (Phi) is 6.51. The van der Waals surface area contributed by atoms with Crippen molar-refractivity contribution in [1.82, 2.24) is 15.3 Å². The number of nitrogens with zero attached hydrogens (tertiary/aromatic N) is 1.